The van der Waals surface area contributed by atoms with Crippen LogP contribution < -0.4 is 0 Å². The van der Waals surface area contributed by atoms with E-state index in [9.17, 15) is 5.11 Å². The Morgan fingerprint density at radius 1 is 1.41 bits per heavy atom. The van der Waals surface area contributed by atoms with Crippen LogP contribution in [0.3, 0.4) is 0 Å². The lowest BCUT2D eigenvalue weighted by atomic mass is 9.91. The second-order valence-electron chi connectivity index (χ2n) is 5.48. The van der Waals surface area contributed by atoms with E-state index < -0.39 is 0 Å². The van der Waals surface area contributed by atoms with Crippen molar-refractivity contribution in [2.75, 3.05) is 13.1 Å². The lowest BCUT2D eigenvalue weighted by Gasteiger charge is -2.39. The molecule has 17 heavy (non-hydrogen) atoms. The van der Waals surface area contributed by atoms with Crippen LogP contribution >= 0.6 is 11.3 Å². The van der Waals surface area contributed by atoms with Gasteiger partial charge in [0.2, 0.25) is 0 Å². The topological polar surface area (TPSA) is 23.5 Å². The Morgan fingerprint density at radius 2 is 2.12 bits per heavy atom. The molecule has 0 aliphatic carbocycles. The van der Waals surface area contributed by atoms with Crippen LogP contribution in [0.5, 0.6) is 0 Å². The van der Waals surface area contributed by atoms with Gasteiger partial charge in [-0.25, -0.2) is 0 Å². The monoisotopic (exact) mass is 253 g/mol. The molecule has 0 saturated carbocycles. The number of aliphatic hydroxyl groups is 1. The molecule has 1 aliphatic rings. The Kier molecular flexibility index (Phi) is 4.23. The van der Waals surface area contributed by atoms with Crippen molar-refractivity contribution in [2.24, 2.45) is 0 Å². The molecule has 96 valence electrons. The normalized spacial score (nSPS) is 19.7. The number of rotatable bonds is 5. The number of nitrogens with zero attached hydrogens (tertiary/aromatic N) is 1. The first-order valence-corrected chi connectivity index (χ1v) is 7.44. The minimum Gasteiger partial charge on any atom is -0.391 e. The smallest absolute Gasteiger partial charge is 0.0721 e. The van der Waals surface area contributed by atoms with Gasteiger partial charge >= 0.3 is 0 Å². The van der Waals surface area contributed by atoms with Crippen LogP contribution in [-0.2, 0) is 6.42 Å². The number of aliphatic hydroxyl groups excluding tert-OH is 1. The lowest BCUT2D eigenvalue weighted by molar-refractivity contribution is -0.00152. The van der Waals surface area contributed by atoms with Crippen LogP contribution in [-0.4, -0.2) is 34.7 Å². The van der Waals surface area contributed by atoms with Crippen molar-refractivity contribution < 1.29 is 5.11 Å². The summed E-state index contributed by atoms with van der Waals surface area (Å²) in [5.41, 5.74) is -0.0756. The summed E-state index contributed by atoms with van der Waals surface area (Å²) in [5.74, 6) is 0. The second kappa shape index (κ2) is 5.51. The van der Waals surface area contributed by atoms with Crippen molar-refractivity contribution in [1.29, 1.82) is 0 Å². The maximum Gasteiger partial charge on any atom is 0.0721 e. The predicted octanol–water partition coefficient (Wildman–Crippen LogP) is 2.92. The van der Waals surface area contributed by atoms with Crippen LogP contribution in [0, 0.1) is 0 Å². The fourth-order valence-electron chi connectivity index (χ4n) is 2.59. The maximum atomic E-state index is 10.4. The average molecular weight is 253 g/mol. The Labute approximate surface area is 108 Å². The third-order valence-corrected chi connectivity index (χ3v) is 4.92. The van der Waals surface area contributed by atoms with Gasteiger partial charge in [-0.2, -0.15) is 0 Å². The van der Waals surface area contributed by atoms with E-state index >= 15 is 0 Å². The number of thiophene rings is 1. The highest BCUT2D eigenvalue weighted by Gasteiger charge is 2.35. The summed E-state index contributed by atoms with van der Waals surface area (Å²) < 4.78 is 0. The summed E-state index contributed by atoms with van der Waals surface area (Å²) in [7, 11) is 0. The highest BCUT2D eigenvalue weighted by Crippen LogP contribution is 2.27. The quantitative estimate of drug-likeness (QED) is 0.872. The molecule has 0 amide bonds. The van der Waals surface area contributed by atoms with Gasteiger partial charge in [0.1, 0.15) is 0 Å². The molecule has 0 bridgehead atoms. The minimum absolute atomic E-state index is 0.0756. The Hall–Kier alpha value is -0.380. The molecular weight excluding hydrogens is 230 g/mol. The number of hydrogen-bond donors (Lipinski definition) is 1. The third kappa shape index (κ3) is 3.09. The van der Waals surface area contributed by atoms with Crippen molar-refractivity contribution in [1.82, 2.24) is 4.90 Å². The molecular formula is C14H23NOS. The van der Waals surface area contributed by atoms with E-state index in [1.165, 1.54) is 17.7 Å². The zero-order chi connectivity index (χ0) is 12.3. The average Bonchev–Trinajstić information content (AvgIpc) is 2.98. The van der Waals surface area contributed by atoms with E-state index in [0.717, 1.165) is 25.9 Å². The molecule has 1 saturated heterocycles. The first-order chi connectivity index (χ1) is 8.10. The van der Waals surface area contributed by atoms with Crippen molar-refractivity contribution in [3.05, 3.63) is 22.4 Å². The zero-order valence-corrected chi connectivity index (χ0v) is 11.7. The molecule has 1 fully saturated rings. The maximum absolute atomic E-state index is 10.4. The van der Waals surface area contributed by atoms with Crippen LogP contribution in [0.15, 0.2) is 17.5 Å². The van der Waals surface area contributed by atoms with E-state index in [1.807, 2.05) is 0 Å². The fraction of sp³-hybridized carbons (Fsp3) is 0.714. The molecule has 2 nitrogen and oxygen atoms in total. The summed E-state index contributed by atoms with van der Waals surface area (Å²) in [6, 6.07) is 4.23. The summed E-state index contributed by atoms with van der Waals surface area (Å²) in [5, 5.41) is 12.5. The molecule has 1 aliphatic heterocycles. The fourth-order valence-corrected chi connectivity index (χ4v) is 3.32. The summed E-state index contributed by atoms with van der Waals surface area (Å²) in [4.78, 5) is 3.81. The Bertz CT molecular complexity index is 328. The Morgan fingerprint density at radius 3 is 2.71 bits per heavy atom. The highest BCUT2D eigenvalue weighted by atomic mass is 32.1. The molecule has 2 heterocycles. The van der Waals surface area contributed by atoms with E-state index in [-0.39, 0.29) is 11.6 Å². The summed E-state index contributed by atoms with van der Waals surface area (Å²) in [6.45, 7) is 6.64. The largest absolute Gasteiger partial charge is 0.391 e. The van der Waals surface area contributed by atoms with Crippen LogP contribution in [0.25, 0.3) is 0 Å². The minimum atomic E-state index is -0.234. The van der Waals surface area contributed by atoms with Crippen molar-refractivity contribution in [3.63, 3.8) is 0 Å². The molecule has 2 rings (SSSR count). The van der Waals surface area contributed by atoms with E-state index in [1.54, 1.807) is 11.3 Å². The van der Waals surface area contributed by atoms with Gasteiger partial charge in [-0.15, -0.1) is 11.3 Å². The molecule has 1 unspecified atom stereocenters. The SMILES string of the molecule is CC(C)(C(O)CCc1cccs1)N1CCCC1. The molecule has 1 atom stereocenters. The van der Waals surface area contributed by atoms with E-state index in [2.05, 4.69) is 36.3 Å². The molecule has 0 radical (unpaired) electrons. The van der Waals surface area contributed by atoms with Gasteiger partial charge in [0.25, 0.3) is 0 Å². The molecule has 1 aromatic heterocycles. The van der Waals surface area contributed by atoms with Gasteiger partial charge in [0, 0.05) is 10.4 Å². The molecule has 0 spiro atoms. The van der Waals surface area contributed by atoms with Crippen LogP contribution in [0.4, 0.5) is 0 Å². The zero-order valence-electron chi connectivity index (χ0n) is 10.9. The van der Waals surface area contributed by atoms with Gasteiger partial charge in [0.15, 0.2) is 0 Å². The van der Waals surface area contributed by atoms with Crippen LogP contribution in [0.1, 0.15) is 38.0 Å². The van der Waals surface area contributed by atoms with Gasteiger partial charge < -0.3 is 5.11 Å². The van der Waals surface area contributed by atoms with Gasteiger partial charge in [-0.3, -0.25) is 4.90 Å². The highest BCUT2D eigenvalue weighted by molar-refractivity contribution is 7.09. The second-order valence-corrected chi connectivity index (χ2v) is 6.51. The van der Waals surface area contributed by atoms with Crippen molar-refractivity contribution in [3.8, 4) is 0 Å². The standard InChI is InChI=1S/C14H23NOS/c1-14(2,15-9-3-4-10-15)13(16)8-7-12-6-5-11-17-12/h5-6,11,13,16H,3-4,7-10H2,1-2H3. The molecule has 1 N–H and O–H groups in total. The molecule has 1 aromatic rings. The number of likely N-dealkylation sites (tertiary alicyclic amines) is 1. The van der Waals surface area contributed by atoms with Gasteiger partial charge in [0.05, 0.1) is 6.10 Å². The van der Waals surface area contributed by atoms with Gasteiger partial charge in [-0.1, -0.05) is 6.07 Å². The molecule has 3 heteroatoms. The first-order valence-electron chi connectivity index (χ1n) is 6.56. The summed E-state index contributed by atoms with van der Waals surface area (Å²) in [6.07, 6.45) is 4.19. The van der Waals surface area contributed by atoms with E-state index in [0.29, 0.717) is 0 Å². The number of aryl methyl sites for hydroxylation is 1. The summed E-state index contributed by atoms with van der Waals surface area (Å²) >= 11 is 1.78. The third-order valence-electron chi connectivity index (χ3n) is 3.98. The number of hydrogen-bond acceptors (Lipinski definition) is 3. The van der Waals surface area contributed by atoms with Crippen LogP contribution in [0.2, 0.25) is 0 Å². The first kappa shape index (κ1) is 13.1. The van der Waals surface area contributed by atoms with E-state index in [4.69, 9.17) is 0 Å². The van der Waals surface area contributed by atoms with Gasteiger partial charge in [-0.05, 0) is 64.1 Å². The predicted molar refractivity (Wildman–Crippen MR) is 73.5 cm³/mol. The molecule has 0 aromatic carbocycles. The van der Waals surface area contributed by atoms with Crippen molar-refractivity contribution in [2.45, 2.75) is 51.2 Å². The Balaban J connectivity index is 1.87. The van der Waals surface area contributed by atoms with Crippen molar-refractivity contribution >= 4 is 11.3 Å². The lowest BCUT2D eigenvalue weighted by Crippen LogP contribution is -2.51.